The van der Waals surface area contributed by atoms with Gasteiger partial charge < -0.3 is 0 Å². The van der Waals surface area contributed by atoms with Crippen molar-refractivity contribution < 1.29 is 13.3 Å². The van der Waals surface area contributed by atoms with Gasteiger partial charge in [0.05, 0.1) is 9.82 Å². The molecule has 0 radical (unpaired) electrons. The minimum atomic E-state index is -3.97. The van der Waals surface area contributed by atoms with E-state index in [0.29, 0.717) is 0 Å². The van der Waals surface area contributed by atoms with Crippen molar-refractivity contribution in [3.8, 4) is 0 Å². The van der Waals surface area contributed by atoms with E-state index < -0.39 is 14.9 Å². The Labute approximate surface area is 119 Å². The fraction of sp³-hybridized carbons (Fsp3) is 0. The molecule has 2 aromatic rings. The summed E-state index contributed by atoms with van der Waals surface area (Å²) in [6.45, 7) is 0. The molecule has 0 unspecified atom stereocenters. The molecule has 1 N–H and O–H groups in total. The van der Waals surface area contributed by atoms with Crippen LogP contribution in [0, 0.1) is 10.1 Å². The molecule has 20 heavy (non-hydrogen) atoms. The second kappa shape index (κ2) is 5.43. The maximum Gasteiger partial charge on any atom is 0.293 e. The van der Waals surface area contributed by atoms with Crippen molar-refractivity contribution in [1.82, 2.24) is 4.98 Å². The number of nitrogens with one attached hydrogen (secondary N) is 1. The second-order valence-corrected chi connectivity index (χ2v) is 5.76. The van der Waals surface area contributed by atoms with Crippen molar-refractivity contribution in [2.24, 2.45) is 0 Å². The molecule has 7 nitrogen and oxygen atoms in total. The molecule has 0 spiro atoms. The minimum Gasteiger partial charge on any atom is -0.273 e. The molecule has 0 bridgehead atoms. The lowest BCUT2D eigenvalue weighted by molar-refractivity contribution is -0.383. The third kappa shape index (κ3) is 3.03. The van der Waals surface area contributed by atoms with Crippen LogP contribution < -0.4 is 4.72 Å². The van der Waals surface area contributed by atoms with E-state index >= 15 is 0 Å². The molecule has 1 heterocycles. The summed E-state index contributed by atoms with van der Waals surface area (Å²) in [7, 11) is -3.97. The average molecular weight is 314 g/mol. The molecule has 0 saturated carbocycles. The molecule has 9 heteroatoms. The summed E-state index contributed by atoms with van der Waals surface area (Å²) >= 11 is 5.62. The van der Waals surface area contributed by atoms with Crippen LogP contribution in [0.4, 0.5) is 11.4 Å². The van der Waals surface area contributed by atoms with E-state index in [-0.39, 0.29) is 21.4 Å². The highest BCUT2D eigenvalue weighted by Gasteiger charge is 2.20. The average Bonchev–Trinajstić information content (AvgIpc) is 2.38. The van der Waals surface area contributed by atoms with Crippen LogP contribution >= 0.6 is 11.6 Å². The molecule has 0 atom stereocenters. The van der Waals surface area contributed by atoms with Crippen LogP contribution in [-0.4, -0.2) is 18.3 Å². The van der Waals surface area contributed by atoms with Gasteiger partial charge in [-0.15, -0.1) is 0 Å². The minimum absolute atomic E-state index is 0.00966. The molecular formula is C11H8ClN3O4S. The summed E-state index contributed by atoms with van der Waals surface area (Å²) in [6.07, 6.45) is 1.23. The fourth-order valence-corrected chi connectivity index (χ4v) is 2.80. The summed E-state index contributed by atoms with van der Waals surface area (Å²) in [5, 5.41) is 10.8. The number of aromatic nitrogens is 1. The SMILES string of the molecule is O=[N+]([O-])c1ccccc1NS(=O)(=O)c1ccnc(Cl)c1. The summed E-state index contributed by atoms with van der Waals surface area (Å²) in [6, 6.07) is 7.83. The summed E-state index contributed by atoms with van der Waals surface area (Å²) in [4.78, 5) is 13.7. The van der Waals surface area contributed by atoms with Crippen LogP contribution in [0.15, 0.2) is 47.5 Å². The van der Waals surface area contributed by atoms with Gasteiger partial charge in [0.25, 0.3) is 15.7 Å². The van der Waals surface area contributed by atoms with E-state index in [4.69, 9.17) is 11.6 Å². The van der Waals surface area contributed by atoms with Crippen LogP contribution in [0.1, 0.15) is 0 Å². The van der Waals surface area contributed by atoms with Crippen molar-refractivity contribution in [2.45, 2.75) is 4.90 Å². The number of nitro groups is 1. The van der Waals surface area contributed by atoms with Gasteiger partial charge in [-0.3, -0.25) is 14.8 Å². The molecular weight excluding hydrogens is 306 g/mol. The number of benzene rings is 1. The third-order valence-corrected chi connectivity index (χ3v) is 3.92. The highest BCUT2D eigenvalue weighted by molar-refractivity contribution is 7.92. The van der Waals surface area contributed by atoms with Gasteiger partial charge in [-0.1, -0.05) is 23.7 Å². The lowest BCUT2D eigenvalue weighted by atomic mass is 10.3. The van der Waals surface area contributed by atoms with E-state index in [1.165, 1.54) is 36.5 Å². The topological polar surface area (TPSA) is 102 Å². The molecule has 0 aliphatic carbocycles. The largest absolute Gasteiger partial charge is 0.293 e. The first-order valence-electron chi connectivity index (χ1n) is 5.28. The Morgan fingerprint density at radius 2 is 1.95 bits per heavy atom. The number of rotatable bonds is 4. The first-order valence-corrected chi connectivity index (χ1v) is 7.14. The zero-order chi connectivity index (χ0) is 14.8. The predicted molar refractivity (Wildman–Crippen MR) is 73.2 cm³/mol. The Kier molecular flexibility index (Phi) is 3.86. The zero-order valence-corrected chi connectivity index (χ0v) is 11.4. The normalized spacial score (nSPS) is 11.1. The van der Waals surface area contributed by atoms with Gasteiger partial charge in [-0.05, 0) is 18.2 Å². The number of halogens is 1. The molecule has 2 rings (SSSR count). The Bertz CT molecular complexity index is 764. The smallest absolute Gasteiger partial charge is 0.273 e. The lowest BCUT2D eigenvalue weighted by Crippen LogP contribution is -2.14. The first-order chi connectivity index (χ1) is 9.40. The third-order valence-electron chi connectivity index (χ3n) is 2.35. The number of para-hydroxylation sites is 2. The molecule has 0 fully saturated rings. The predicted octanol–water partition coefficient (Wildman–Crippen LogP) is 2.44. The highest BCUT2D eigenvalue weighted by atomic mass is 35.5. The molecule has 0 amide bonds. The number of hydrogen-bond acceptors (Lipinski definition) is 5. The molecule has 0 aliphatic rings. The van der Waals surface area contributed by atoms with E-state index in [0.717, 1.165) is 6.07 Å². The number of hydrogen-bond donors (Lipinski definition) is 1. The number of nitrogens with zero attached hydrogens (tertiary/aromatic N) is 2. The van der Waals surface area contributed by atoms with E-state index in [1.807, 2.05) is 0 Å². The van der Waals surface area contributed by atoms with Crippen LogP contribution in [0.5, 0.6) is 0 Å². The number of pyridine rings is 1. The quantitative estimate of drug-likeness (QED) is 0.530. The zero-order valence-electron chi connectivity index (χ0n) is 9.86. The van der Waals surface area contributed by atoms with E-state index in [1.54, 1.807) is 0 Å². The van der Waals surface area contributed by atoms with Crippen molar-refractivity contribution in [1.29, 1.82) is 0 Å². The van der Waals surface area contributed by atoms with Crippen molar-refractivity contribution >= 4 is 33.0 Å². The second-order valence-electron chi connectivity index (χ2n) is 3.69. The lowest BCUT2D eigenvalue weighted by Gasteiger charge is -2.08. The highest BCUT2D eigenvalue weighted by Crippen LogP contribution is 2.26. The van der Waals surface area contributed by atoms with Gasteiger partial charge in [-0.25, -0.2) is 13.4 Å². The molecule has 104 valence electrons. The monoisotopic (exact) mass is 313 g/mol. The number of anilines is 1. The van der Waals surface area contributed by atoms with Crippen molar-refractivity contribution in [2.75, 3.05) is 4.72 Å². The van der Waals surface area contributed by atoms with E-state index in [9.17, 15) is 18.5 Å². The molecule has 0 saturated heterocycles. The maximum atomic E-state index is 12.1. The fourth-order valence-electron chi connectivity index (χ4n) is 1.47. The van der Waals surface area contributed by atoms with Gasteiger partial charge in [0.2, 0.25) is 0 Å². The van der Waals surface area contributed by atoms with Gasteiger partial charge in [0.1, 0.15) is 10.8 Å². The Balaban J connectivity index is 2.41. The molecule has 1 aromatic heterocycles. The Morgan fingerprint density at radius 3 is 2.60 bits per heavy atom. The number of sulfonamides is 1. The summed E-state index contributed by atoms with van der Waals surface area (Å²) in [5.41, 5.74) is -0.457. The van der Waals surface area contributed by atoms with Crippen molar-refractivity contribution in [3.05, 3.63) is 57.9 Å². The first kappa shape index (κ1) is 14.2. The van der Waals surface area contributed by atoms with Crippen LogP contribution in [0.25, 0.3) is 0 Å². The van der Waals surface area contributed by atoms with Gasteiger partial charge in [-0.2, -0.15) is 0 Å². The van der Waals surface area contributed by atoms with Crippen LogP contribution in [0.2, 0.25) is 5.15 Å². The van der Waals surface area contributed by atoms with Crippen LogP contribution in [0.3, 0.4) is 0 Å². The van der Waals surface area contributed by atoms with Gasteiger partial charge in [0.15, 0.2) is 0 Å². The van der Waals surface area contributed by atoms with Gasteiger partial charge in [0, 0.05) is 12.3 Å². The number of nitro benzene ring substituents is 1. The Morgan fingerprint density at radius 1 is 1.25 bits per heavy atom. The Hall–Kier alpha value is -2.19. The molecule has 0 aliphatic heterocycles. The molecule has 1 aromatic carbocycles. The van der Waals surface area contributed by atoms with Gasteiger partial charge >= 0.3 is 0 Å². The standard InChI is InChI=1S/C11H8ClN3O4S/c12-11-7-8(5-6-13-11)20(18,19)14-9-3-1-2-4-10(9)15(16)17/h1-7,14H. The van der Waals surface area contributed by atoms with Crippen LogP contribution in [-0.2, 0) is 10.0 Å². The van der Waals surface area contributed by atoms with E-state index in [2.05, 4.69) is 9.71 Å². The van der Waals surface area contributed by atoms with Crippen molar-refractivity contribution in [3.63, 3.8) is 0 Å². The maximum absolute atomic E-state index is 12.1. The summed E-state index contributed by atoms with van der Waals surface area (Å²) < 4.78 is 26.4. The summed E-state index contributed by atoms with van der Waals surface area (Å²) in [5.74, 6) is 0.